The molecule has 2 fully saturated rings. The van der Waals surface area contributed by atoms with Gasteiger partial charge in [-0.15, -0.1) is 0 Å². The number of nitrogens with zero attached hydrogens (tertiary/aromatic N) is 1. The third-order valence-corrected chi connectivity index (χ3v) is 3.56. The van der Waals surface area contributed by atoms with Crippen LogP contribution in [0.3, 0.4) is 0 Å². The molecule has 0 bridgehead atoms. The average molecular weight is 251 g/mol. The number of piperazine rings is 1. The van der Waals surface area contributed by atoms with Crippen molar-refractivity contribution in [2.75, 3.05) is 19.6 Å². The molecule has 2 heterocycles. The molecule has 2 rings (SSSR count). The van der Waals surface area contributed by atoms with Crippen LogP contribution >= 0.6 is 0 Å². The van der Waals surface area contributed by atoms with E-state index in [-0.39, 0.29) is 12.5 Å². The fourth-order valence-electron chi connectivity index (χ4n) is 1.98. The molecule has 0 unspecified atom stereocenters. The van der Waals surface area contributed by atoms with Crippen LogP contribution in [0.1, 0.15) is 20.8 Å². The first-order chi connectivity index (χ1) is 8.34. The van der Waals surface area contributed by atoms with Gasteiger partial charge in [-0.2, -0.15) is 0 Å². The summed E-state index contributed by atoms with van der Waals surface area (Å²) in [5.41, 5.74) is 0.669. The van der Waals surface area contributed by atoms with Crippen molar-refractivity contribution in [2.45, 2.75) is 26.3 Å². The van der Waals surface area contributed by atoms with Gasteiger partial charge in [-0.3, -0.25) is 19.7 Å². The van der Waals surface area contributed by atoms with Gasteiger partial charge in [-0.05, 0) is 26.3 Å². The molecule has 0 saturated carbocycles. The molecule has 2 N–H and O–H groups in total. The summed E-state index contributed by atoms with van der Waals surface area (Å²) >= 11 is 0. The minimum atomic E-state index is -0.996. The Hall–Kier alpha value is -1.69. The van der Waals surface area contributed by atoms with Gasteiger partial charge in [0.1, 0.15) is 12.1 Å². The first kappa shape index (κ1) is 12.8. The molecule has 6 heteroatoms. The van der Waals surface area contributed by atoms with Crippen molar-refractivity contribution >= 4 is 17.7 Å². The lowest BCUT2D eigenvalue weighted by atomic mass is 9.95. The van der Waals surface area contributed by atoms with Gasteiger partial charge >= 0.3 is 0 Å². The number of carbonyl (C=O) groups excluding carboxylic acids is 3. The van der Waals surface area contributed by atoms with Crippen LogP contribution in [0.15, 0.2) is 11.1 Å². The van der Waals surface area contributed by atoms with Gasteiger partial charge in [-0.1, -0.05) is 0 Å². The quantitative estimate of drug-likeness (QED) is 0.471. The molecule has 3 amide bonds. The van der Waals surface area contributed by atoms with E-state index in [4.69, 9.17) is 0 Å². The van der Waals surface area contributed by atoms with Crippen molar-refractivity contribution < 1.29 is 14.4 Å². The van der Waals surface area contributed by atoms with Gasteiger partial charge in [0.15, 0.2) is 0 Å². The van der Waals surface area contributed by atoms with Crippen LogP contribution in [-0.4, -0.2) is 47.8 Å². The number of imide groups is 1. The number of carbonyl (C=O) groups is 3. The SMILES string of the molecule is CC(C(=O)N1CC(=O)NC(=O)C1(C)C)=C1CNC1. The Balaban J connectivity index is 2.27. The summed E-state index contributed by atoms with van der Waals surface area (Å²) in [5, 5.41) is 5.31. The normalized spacial score (nSPS) is 22.4. The maximum atomic E-state index is 12.3. The predicted molar refractivity (Wildman–Crippen MR) is 64.5 cm³/mol. The van der Waals surface area contributed by atoms with Gasteiger partial charge in [-0.25, -0.2) is 0 Å². The molecule has 0 aromatic carbocycles. The fraction of sp³-hybridized carbons (Fsp3) is 0.583. The lowest BCUT2D eigenvalue weighted by molar-refractivity contribution is -0.153. The largest absolute Gasteiger partial charge is 0.315 e. The zero-order chi connectivity index (χ0) is 13.5. The summed E-state index contributed by atoms with van der Waals surface area (Å²) in [7, 11) is 0. The minimum absolute atomic E-state index is 0.0738. The summed E-state index contributed by atoms with van der Waals surface area (Å²) in [4.78, 5) is 36.8. The van der Waals surface area contributed by atoms with Crippen molar-refractivity contribution in [3.63, 3.8) is 0 Å². The molecule has 0 atom stereocenters. The van der Waals surface area contributed by atoms with Gasteiger partial charge in [0.25, 0.3) is 11.8 Å². The smallest absolute Gasteiger partial charge is 0.252 e. The van der Waals surface area contributed by atoms with E-state index in [0.717, 1.165) is 5.57 Å². The van der Waals surface area contributed by atoms with E-state index in [1.54, 1.807) is 20.8 Å². The molecule has 2 saturated heterocycles. The molecule has 98 valence electrons. The third-order valence-electron chi connectivity index (χ3n) is 3.56. The van der Waals surface area contributed by atoms with Crippen LogP contribution in [0.25, 0.3) is 0 Å². The molecule has 0 radical (unpaired) electrons. The maximum Gasteiger partial charge on any atom is 0.252 e. The Kier molecular flexibility index (Phi) is 2.98. The highest BCUT2D eigenvalue weighted by Gasteiger charge is 2.44. The predicted octanol–water partition coefficient (Wildman–Crippen LogP) is -0.830. The molecule has 0 aliphatic carbocycles. The lowest BCUT2D eigenvalue weighted by Gasteiger charge is -2.40. The molecule has 0 spiro atoms. The third kappa shape index (κ3) is 1.92. The van der Waals surface area contributed by atoms with Crippen LogP contribution in [0.5, 0.6) is 0 Å². The number of rotatable bonds is 1. The topological polar surface area (TPSA) is 78.5 Å². The summed E-state index contributed by atoms with van der Waals surface area (Å²) in [6.45, 7) is 6.35. The molecule has 2 aliphatic rings. The molecular weight excluding hydrogens is 234 g/mol. The van der Waals surface area contributed by atoms with Gasteiger partial charge in [0.2, 0.25) is 5.91 Å². The monoisotopic (exact) mass is 251 g/mol. The van der Waals surface area contributed by atoms with Crippen molar-refractivity contribution in [3.05, 3.63) is 11.1 Å². The average Bonchev–Trinajstić information content (AvgIpc) is 2.20. The van der Waals surface area contributed by atoms with Crippen LogP contribution in [0.2, 0.25) is 0 Å². The van der Waals surface area contributed by atoms with Crippen LogP contribution < -0.4 is 10.6 Å². The van der Waals surface area contributed by atoms with Gasteiger partial charge < -0.3 is 10.2 Å². The second-order valence-corrected chi connectivity index (χ2v) is 5.16. The Morgan fingerprint density at radius 3 is 2.39 bits per heavy atom. The van der Waals surface area contributed by atoms with Crippen molar-refractivity contribution in [1.29, 1.82) is 0 Å². The fourth-order valence-corrected chi connectivity index (χ4v) is 1.98. The van der Waals surface area contributed by atoms with Crippen LogP contribution in [0.4, 0.5) is 0 Å². The van der Waals surface area contributed by atoms with Crippen LogP contribution in [0, 0.1) is 0 Å². The number of hydrogen-bond donors (Lipinski definition) is 2. The van der Waals surface area contributed by atoms with E-state index in [1.807, 2.05) is 0 Å². The van der Waals surface area contributed by atoms with Crippen LogP contribution in [-0.2, 0) is 14.4 Å². The maximum absolute atomic E-state index is 12.3. The highest BCUT2D eigenvalue weighted by Crippen LogP contribution is 2.22. The standard InChI is InChI=1S/C12H17N3O3/c1-7(8-4-13-5-8)10(17)15-6-9(16)14-11(18)12(15,2)3/h13H,4-6H2,1-3H3,(H,14,16,18). The molecule has 18 heavy (non-hydrogen) atoms. The molecule has 6 nitrogen and oxygen atoms in total. The zero-order valence-electron chi connectivity index (χ0n) is 10.8. The zero-order valence-corrected chi connectivity index (χ0v) is 10.8. The van der Waals surface area contributed by atoms with Gasteiger partial charge in [0.05, 0.1) is 0 Å². The van der Waals surface area contributed by atoms with E-state index in [9.17, 15) is 14.4 Å². The van der Waals surface area contributed by atoms with E-state index in [2.05, 4.69) is 10.6 Å². The summed E-state index contributed by atoms with van der Waals surface area (Å²) in [6.07, 6.45) is 0. The van der Waals surface area contributed by atoms with E-state index in [0.29, 0.717) is 18.7 Å². The highest BCUT2D eigenvalue weighted by atomic mass is 16.2. The minimum Gasteiger partial charge on any atom is -0.315 e. The first-order valence-electron chi connectivity index (χ1n) is 5.89. The lowest BCUT2D eigenvalue weighted by Crippen LogP contribution is -2.65. The molecular formula is C12H17N3O3. The second kappa shape index (κ2) is 4.20. The van der Waals surface area contributed by atoms with E-state index >= 15 is 0 Å². The number of nitrogens with one attached hydrogen (secondary N) is 2. The molecule has 0 aromatic heterocycles. The van der Waals surface area contributed by atoms with Crippen molar-refractivity contribution in [2.24, 2.45) is 0 Å². The Bertz CT molecular complexity index is 459. The molecule has 2 aliphatic heterocycles. The van der Waals surface area contributed by atoms with E-state index in [1.165, 1.54) is 4.90 Å². The summed E-state index contributed by atoms with van der Waals surface area (Å²) in [5.74, 6) is -1.10. The highest BCUT2D eigenvalue weighted by molar-refractivity contribution is 6.08. The van der Waals surface area contributed by atoms with Crippen molar-refractivity contribution in [3.8, 4) is 0 Å². The summed E-state index contributed by atoms with van der Waals surface area (Å²) < 4.78 is 0. The second-order valence-electron chi connectivity index (χ2n) is 5.16. The first-order valence-corrected chi connectivity index (χ1v) is 5.89. The molecule has 0 aromatic rings. The number of amides is 3. The van der Waals surface area contributed by atoms with Gasteiger partial charge in [0, 0.05) is 18.7 Å². The summed E-state index contributed by atoms with van der Waals surface area (Å²) in [6, 6.07) is 0. The number of hydrogen-bond acceptors (Lipinski definition) is 4. The Labute approximate surface area is 105 Å². The van der Waals surface area contributed by atoms with Crippen molar-refractivity contribution in [1.82, 2.24) is 15.5 Å². The van der Waals surface area contributed by atoms with E-state index < -0.39 is 17.4 Å². The Morgan fingerprint density at radius 1 is 1.28 bits per heavy atom. The Morgan fingerprint density at radius 2 is 1.89 bits per heavy atom.